The van der Waals surface area contributed by atoms with Gasteiger partial charge in [-0.1, -0.05) is 13.0 Å². The molecule has 0 saturated carbocycles. The van der Waals surface area contributed by atoms with Gasteiger partial charge in [0.05, 0.1) is 12.8 Å². The molecule has 0 aliphatic heterocycles. The van der Waals surface area contributed by atoms with Crippen LogP contribution in [0.5, 0.6) is 5.75 Å². The molecule has 5 heteroatoms. The highest BCUT2D eigenvalue weighted by molar-refractivity contribution is 5.66. The van der Waals surface area contributed by atoms with Crippen molar-refractivity contribution < 1.29 is 4.74 Å². The molecular weight excluding hydrogens is 264 g/mol. The fourth-order valence-corrected chi connectivity index (χ4v) is 2.03. The van der Waals surface area contributed by atoms with Crippen LogP contribution in [0.3, 0.4) is 0 Å². The van der Waals surface area contributed by atoms with E-state index in [1.807, 2.05) is 38.1 Å². The minimum Gasteiger partial charge on any atom is -0.495 e. The number of nitrogens with one attached hydrogen (secondary N) is 2. The molecule has 0 saturated heterocycles. The largest absolute Gasteiger partial charge is 0.495 e. The van der Waals surface area contributed by atoms with Gasteiger partial charge in [-0.3, -0.25) is 0 Å². The number of hydrogen-bond acceptors (Lipinski definition) is 5. The quantitative estimate of drug-likeness (QED) is 0.848. The molecule has 0 atom stereocenters. The molecule has 112 valence electrons. The number of aryl methyl sites for hydroxylation is 2. The maximum absolute atomic E-state index is 5.38. The van der Waals surface area contributed by atoms with Gasteiger partial charge in [-0.15, -0.1) is 0 Å². The van der Waals surface area contributed by atoms with Crippen LogP contribution in [0.2, 0.25) is 0 Å². The first kappa shape index (κ1) is 15.1. The minimum atomic E-state index is 0.727. The van der Waals surface area contributed by atoms with Crippen LogP contribution < -0.4 is 15.4 Å². The summed E-state index contributed by atoms with van der Waals surface area (Å²) in [6.07, 6.45) is 1.05. The topological polar surface area (TPSA) is 59.1 Å². The van der Waals surface area contributed by atoms with Crippen molar-refractivity contribution in [1.82, 2.24) is 9.97 Å². The van der Waals surface area contributed by atoms with Gasteiger partial charge in [0, 0.05) is 12.6 Å². The van der Waals surface area contributed by atoms with Gasteiger partial charge in [-0.05, 0) is 38.0 Å². The van der Waals surface area contributed by atoms with Gasteiger partial charge in [0.1, 0.15) is 23.2 Å². The zero-order valence-electron chi connectivity index (χ0n) is 13.0. The second kappa shape index (κ2) is 6.92. The van der Waals surface area contributed by atoms with Crippen LogP contribution in [-0.4, -0.2) is 23.6 Å². The fourth-order valence-electron chi connectivity index (χ4n) is 2.03. The molecule has 0 amide bonds. The third kappa shape index (κ3) is 4.08. The molecule has 0 fully saturated rings. The van der Waals surface area contributed by atoms with E-state index >= 15 is 0 Å². The van der Waals surface area contributed by atoms with Gasteiger partial charge in [0.15, 0.2) is 0 Å². The fraction of sp³-hybridized carbons (Fsp3) is 0.375. The lowest BCUT2D eigenvalue weighted by Gasteiger charge is -2.13. The molecule has 1 heterocycles. The molecule has 2 aromatic rings. The third-order valence-corrected chi connectivity index (χ3v) is 3.01. The van der Waals surface area contributed by atoms with E-state index < -0.39 is 0 Å². The highest BCUT2D eigenvalue weighted by atomic mass is 16.5. The maximum atomic E-state index is 5.38. The van der Waals surface area contributed by atoms with E-state index in [1.54, 1.807) is 7.11 Å². The monoisotopic (exact) mass is 286 g/mol. The number of anilines is 3. The summed E-state index contributed by atoms with van der Waals surface area (Å²) in [4.78, 5) is 8.80. The highest BCUT2D eigenvalue weighted by Crippen LogP contribution is 2.28. The van der Waals surface area contributed by atoms with Crippen LogP contribution in [0.25, 0.3) is 0 Å². The third-order valence-electron chi connectivity index (χ3n) is 3.01. The summed E-state index contributed by atoms with van der Waals surface area (Å²) in [7, 11) is 1.66. The molecule has 21 heavy (non-hydrogen) atoms. The molecule has 1 aromatic carbocycles. The average Bonchev–Trinajstić information content (AvgIpc) is 2.45. The molecule has 2 N–H and O–H groups in total. The number of benzene rings is 1. The average molecular weight is 286 g/mol. The van der Waals surface area contributed by atoms with Crippen molar-refractivity contribution in [3.8, 4) is 5.75 Å². The van der Waals surface area contributed by atoms with Crippen molar-refractivity contribution >= 4 is 17.3 Å². The highest BCUT2D eigenvalue weighted by Gasteiger charge is 2.06. The molecule has 0 aliphatic rings. The van der Waals surface area contributed by atoms with Gasteiger partial charge in [-0.2, -0.15) is 0 Å². The summed E-state index contributed by atoms with van der Waals surface area (Å²) in [5, 5.41) is 6.58. The first-order valence-corrected chi connectivity index (χ1v) is 7.13. The summed E-state index contributed by atoms with van der Waals surface area (Å²) >= 11 is 0. The van der Waals surface area contributed by atoms with Crippen LogP contribution in [0.1, 0.15) is 24.7 Å². The lowest BCUT2D eigenvalue weighted by molar-refractivity contribution is 0.416. The van der Waals surface area contributed by atoms with E-state index in [1.165, 1.54) is 0 Å². The number of methoxy groups -OCH3 is 1. The first-order valence-electron chi connectivity index (χ1n) is 7.13. The first-order chi connectivity index (χ1) is 10.1. The normalized spacial score (nSPS) is 10.3. The standard InChI is InChI=1S/C16H22N4O/c1-5-8-17-15-10-16(19-12(3)18-15)20-13-9-11(2)6-7-14(13)21-4/h6-7,9-10H,5,8H2,1-4H3,(H2,17,18,19,20). The Labute approximate surface area is 125 Å². The van der Waals surface area contributed by atoms with E-state index in [2.05, 4.69) is 27.5 Å². The van der Waals surface area contributed by atoms with Gasteiger partial charge in [-0.25, -0.2) is 9.97 Å². The van der Waals surface area contributed by atoms with Crippen molar-refractivity contribution in [3.63, 3.8) is 0 Å². The summed E-state index contributed by atoms with van der Waals surface area (Å²) in [6, 6.07) is 7.91. The Kier molecular flexibility index (Phi) is 4.98. The van der Waals surface area contributed by atoms with E-state index in [4.69, 9.17) is 4.74 Å². The van der Waals surface area contributed by atoms with E-state index in [9.17, 15) is 0 Å². The Bertz CT molecular complexity index is 613. The molecule has 1 aromatic heterocycles. The van der Waals surface area contributed by atoms with Crippen molar-refractivity contribution in [2.24, 2.45) is 0 Å². The number of nitrogens with zero attached hydrogens (tertiary/aromatic N) is 2. The molecular formula is C16H22N4O. The Balaban J connectivity index is 2.26. The summed E-state index contributed by atoms with van der Waals surface area (Å²) < 4.78 is 5.38. The summed E-state index contributed by atoms with van der Waals surface area (Å²) in [5.74, 6) is 3.11. The zero-order valence-corrected chi connectivity index (χ0v) is 13.0. The van der Waals surface area contributed by atoms with Crippen LogP contribution in [0, 0.1) is 13.8 Å². The van der Waals surface area contributed by atoms with Gasteiger partial charge < -0.3 is 15.4 Å². The number of aromatic nitrogens is 2. The van der Waals surface area contributed by atoms with Gasteiger partial charge >= 0.3 is 0 Å². The summed E-state index contributed by atoms with van der Waals surface area (Å²) in [6.45, 7) is 6.95. The lowest BCUT2D eigenvalue weighted by atomic mass is 10.2. The van der Waals surface area contributed by atoms with Crippen LogP contribution >= 0.6 is 0 Å². The number of hydrogen-bond donors (Lipinski definition) is 2. The molecule has 5 nitrogen and oxygen atoms in total. The second-order valence-corrected chi connectivity index (χ2v) is 4.94. The molecule has 0 bridgehead atoms. The minimum absolute atomic E-state index is 0.727. The van der Waals surface area contributed by atoms with E-state index in [-0.39, 0.29) is 0 Å². The van der Waals surface area contributed by atoms with Crippen molar-refractivity contribution in [2.75, 3.05) is 24.3 Å². The smallest absolute Gasteiger partial charge is 0.142 e. The molecule has 2 rings (SSSR count). The van der Waals surface area contributed by atoms with E-state index in [0.29, 0.717) is 0 Å². The van der Waals surface area contributed by atoms with Crippen molar-refractivity contribution in [2.45, 2.75) is 27.2 Å². The van der Waals surface area contributed by atoms with E-state index in [0.717, 1.165) is 47.4 Å². The molecule has 0 spiro atoms. The van der Waals surface area contributed by atoms with Crippen LogP contribution in [0.4, 0.5) is 17.3 Å². The Morgan fingerprint density at radius 2 is 1.86 bits per heavy atom. The van der Waals surface area contributed by atoms with Crippen LogP contribution in [-0.2, 0) is 0 Å². The molecule has 0 aliphatic carbocycles. The molecule has 0 radical (unpaired) electrons. The van der Waals surface area contributed by atoms with Crippen LogP contribution in [0.15, 0.2) is 24.3 Å². The SMILES string of the molecule is CCCNc1cc(Nc2cc(C)ccc2OC)nc(C)n1. The Hall–Kier alpha value is -2.30. The second-order valence-electron chi connectivity index (χ2n) is 4.94. The number of rotatable bonds is 6. The Morgan fingerprint density at radius 3 is 2.57 bits per heavy atom. The summed E-state index contributed by atoms with van der Waals surface area (Å²) in [5.41, 5.74) is 2.06. The van der Waals surface area contributed by atoms with Crippen molar-refractivity contribution in [1.29, 1.82) is 0 Å². The van der Waals surface area contributed by atoms with Crippen molar-refractivity contribution in [3.05, 3.63) is 35.7 Å². The predicted molar refractivity (Wildman–Crippen MR) is 86.6 cm³/mol. The predicted octanol–water partition coefficient (Wildman–Crippen LogP) is 3.67. The number of ether oxygens (including phenoxy) is 1. The Morgan fingerprint density at radius 1 is 1.10 bits per heavy atom. The zero-order chi connectivity index (χ0) is 15.2. The van der Waals surface area contributed by atoms with Gasteiger partial charge in [0.25, 0.3) is 0 Å². The maximum Gasteiger partial charge on any atom is 0.142 e. The van der Waals surface area contributed by atoms with Gasteiger partial charge in [0.2, 0.25) is 0 Å². The lowest BCUT2D eigenvalue weighted by Crippen LogP contribution is -2.06. The molecule has 0 unspecified atom stereocenters.